The van der Waals surface area contributed by atoms with E-state index in [4.69, 9.17) is 22.1 Å². The molecule has 1 heterocycles. The van der Waals surface area contributed by atoms with Gasteiger partial charge in [-0.15, -0.1) is 0 Å². The standard InChI is InChI=1S/C14H18ClN3O2/c1-3-7-20-13(19)11(4-2)18-12-6-5-9(15)8-10(12)17-14(18)16/h5-6,8,11H,3-4,7H2,1-2H3,(H2,16,17). The number of nitrogens with two attached hydrogens (primary N) is 1. The zero-order chi connectivity index (χ0) is 14.7. The van der Waals surface area contributed by atoms with Gasteiger partial charge in [-0.05, 0) is 31.0 Å². The Morgan fingerprint density at radius 3 is 2.90 bits per heavy atom. The van der Waals surface area contributed by atoms with Crippen molar-refractivity contribution in [3.05, 3.63) is 23.2 Å². The van der Waals surface area contributed by atoms with Crippen molar-refractivity contribution in [2.24, 2.45) is 0 Å². The van der Waals surface area contributed by atoms with Crippen molar-refractivity contribution in [3.63, 3.8) is 0 Å². The van der Waals surface area contributed by atoms with E-state index in [-0.39, 0.29) is 5.97 Å². The van der Waals surface area contributed by atoms with E-state index in [0.29, 0.717) is 29.5 Å². The molecule has 1 aromatic carbocycles. The molecule has 108 valence electrons. The molecule has 0 radical (unpaired) electrons. The molecule has 0 spiro atoms. The first-order chi connectivity index (χ1) is 9.58. The zero-order valence-electron chi connectivity index (χ0n) is 11.6. The van der Waals surface area contributed by atoms with Crippen molar-refractivity contribution >= 4 is 34.6 Å². The first-order valence-electron chi connectivity index (χ1n) is 6.68. The van der Waals surface area contributed by atoms with Crippen molar-refractivity contribution in [2.75, 3.05) is 12.3 Å². The van der Waals surface area contributed by atoms with E-state index in [0.717, 1.165) is 11.9 Å². The number of aromatic nitrogens is 2. The molecule has 1 aromatic heterocycles. The maximum atomic E-state index is 12.1. The van der Waals surface area contributed by atoms with Crippen LogP contribution in [0.1, 0.15) is 32.7 Å². The summed E-state index contributed by atoms with van der Waals surface area (Å²) in [6, 6.07) is 4.84. The number of imidazole rings is 1. The number of rotatable bonds is 5. The van der Waals surface area contributed by atoms with E-state index in [9.17, 15) is 4.79 Å². The lowest BCUT2D eigenvalue weighted by molar-refractivity contribution is -0.147. The van der Waals surface area contributed by atoms with E-state index >= 15 is 0 Å². The van der Waals surface area contributed by atoms with Gasteiger partial charge < -0.3 is 10.5 Å². The summed E-state index contributed by atoms with van der Waals surface area (Å²) in [5.74, 6) is 0.0119. The highest BCUT2D eigenvalue weighted by atomic mass is 35.5. The summed E-state index contributed by atoms with van der Waals surface area (Å²) in [5, 5.41) is 0.587. The van der Waals surface area contributed by atoms with E-state index in [2.05, 4.69) is 4.98 Å². The van der Waals surface area contributed by atoms with Gasteiger partial charge in [0.15, 0.2) is 0 Å². The number of fused-ring (bicyclic) bond motifs is 1. The molecule has 5 nitrogen and oxygen atoms in total. The smallest absolute Gasteiger partial charge is 0.329 e. The fourth-order valence-electron chi connectivity index (χ4n) is 2.17. The van der Waals surface area contributed by atoms with Crippen molar-refractivity contribution in [1.29, 1.82) is 0 Å². The average Bonchev–Trinajstić information content (AvgIpc) is 2.73. The molecule has 6 heteroatoms. The SMILES string of the molecule is CCCOC(=O)C(CC)n1c(N)nc2cc(Cl)ccc21. The van der Waals surface area contributed by atoms with Crippen LogP contribution >= 0.6 is 11.6 Å². The molecule has 0 saturated heterocycles. The maximum Gasteiger partial charge on any atom is 0.329 e. The second-order valence-electron chi connectivity index (χ2n) is 4.56. The van der Waals surface area contributed by atoms with Gasteiger partial charge in [0.05, 0.1) is 17.6 Å². The van der Waals surface area contributed by atoms with Crippen LogP contribution in [0.25, 0.3) is 11.0 Å². The van der Waals surface area contributed by atoms with Gasteiger partial charge in [-0.25, -0.2) is 9.78 Å². The molecule has 0 amide bonds. The predicted octanol–water partition coefficient (Wildman–Crippen LogP) is 3.18. The van der Waals surface area contributed by atoms with Crippen LogP contribution in [0.4, 0.5) is 5.95 Å². The van der Waals surface area contributed by atoms with Crippen LogP contribution in [-0.2, 0) is 9.53 Å². The Morgan fingerprint density at radius 2 is 2.25 bits per heavy atom. The third kappa shape index (κ3) is 2.72. The number of ether oxygens (including phenoxy) is 1. The lowest BCUT2D eigenvalue weighted by Crippen LogP contribution is -2.23. The highest BCUT2D eigenvalue weighted by molar-refractivity contribution is 6.31. The van der Waals surface area contributed by atoms with Gasteiger partial charge in [0.2, 0.25) is 5.95 Å². The molecule has 1 atom stereocenters. The number of esters is 1. The summed E-state index contributed by atoms with van der Waals surface area (Å²) in [6.07, 6.45) is 1.37. The van der Waals surface area contributed by atoms with Crippen molar-refractivity contribution < 1.29 is 9.53 Å². The molecule has 2 aromatic rings. The van der Waals surface area contributed by atoms with Crippen LogP contribution in [0, 0.1) is 0 Å². The van der Waals surface area contributed by atoms with Gasteiger partial charge in [-0.2, -0.15) is 0 Å². The van der Waals surface area contributed by atoms with Crippen LogP contribution in [0.2, 0.25) is 5.02 Å². The van der Waals surface area contributed by atoms with E-state index in [1.165, 1.54) is 0 Å². The molecule has 20 heavy (non-hydrogen) atoms. The summed E-state index contributed by atoms with van der Waals surface area (Å²) < 4.78 is 6.94. The molecule has 0 aliphatic rings. The normalized spacial score (nSPS) is 12.6. The summed E-state index contributed by atoms with van der Waals surface area (Å²) in [7, 11) is 0. The minimum Gasteiger partial charge on any atom is -0.464 e. The number of halogens is 1. The highest BCUT2D eigenvalue weighted by Crippen LogP contribution is 2.27. The molecular formula is C14H18ClN3O2. The number of nitrogen functional groups attached to an aromatic ring is 1. The van der Waals surface area contributed by atoms with Crippen molar-refractivity contribution in [1.82, 2.24) is 9.55 Å². The Kier molecular flexibility index (Phi) is 4.49. The Labute approximate surface area is 122 Å². The number of nitrogens with zero attached hydrogens (tertiary/aromatic N) is 2. The number of carbonyl (C=O) groups is 1. The Morgan fingerprint density at radius 1 is 1.50 bits per heavy atom. The highest BCUT2D eigenvalue weighted by Gasteiger charge is 2.24. The minimum atomic E-state index is -0.465. The molecular weight excluding hydrogens is 278 g/mol. The molecule has 0 aliphatic carbocycles. The summed E-state index contributed by atoms with van der Waals surface area (Å²) in [5.41, 5.74) is 7.41. The Bertz CT molecular complexity index is 624. The monoisotopic (exact) mass is 295 g/mol. The summed E-state index contributed by atoms with van der Waals surface area (Å²) >= 11 is 5.94. The number of carbonyl (C=O) groups excluding carboxylic acids is 1. The van der Waals surface area contributed by atoms with Crippen LogP contribution < -0.4 is 5.73 Å². The van der Waals surface area contributed by atoms with E-state index < -0.39 is 6.04 Å². The van der Waals surface area contributed by atoms with Crippen LogP contribution in [-0.4, -0.2) is 22.1 Å². The van der Waals surface area contributed by atoms with Gasteiger partial charge in [0.1, 0.15) is 6.04 Å². The number of hydrogen-bond acceptors (Lipinski definition) is 4. The van der Waals surface area contributed by atoms with Gasteiger partial charge in [0.25, 0.3) is 0 Å². The van der Waals surface area contributed by atoms with Crippen molar-refractivity contribution in [3.8, 4) is 0 Å². The van der Waals surface area contributed by atoms with Gasteiger partial charge >= 0.3 is 5.97 Å². The largest absolute Gasteiger partial charge is 0.464 e. The molecule has 0 saturated carbocycles. The molecule has 0 aliphatic heterocycles. The molecule has 1 unspecified atom stereocenters. The predicted molar refractivity (Wildman–Crippen MR) is 79.7 cm³/mol. The average molecular weight is 296 g/mol. The summed E-state index contributed by atoms with van der Waals surface area (Å²) in [4.78, 5) is 16.4. The van der Waals surface area contributed by atoms with Gasteiger partial charge in [-0.1, -0.05) is 25.4 Å². The molecule has 2 N–H and O–H groups in total. The van der Waals surface area contributed by atoms with Gasteiger partial charge in [-0.3, -0.25) is 4.57 Å². The third-order valence-electron chi connectivity index (χ3n) is 3.10. The Balaban J connectivity index is 2.43. The maximum absolute atomic E-state index is 12.1. The topological polar surface area (TPSA) is 70.1 Å². The van der Waals surface area contributed by atoms with Crippen LogP contribution in [0.3, 0.4) is 0 Å². The lowest BCUT2D eigenvalue weighted by atomic mass is 10.2. The number of benzene rings is 1. The quantitative estimate of drug-likeness (QED) is 0.860. The lowest BCUT2D eigenvalue weighted by Gasteiger charge is -2.17. The van der Waals surface area contributed by atoms with Crippen LogP contribution in [0.5, 0.6) is 0 Å². The third-order valence-corrected chi connectivity index (χ3v) is 3.33. The molecule has 0 bridgehead atoms. The van der Waals surface area contributed by atoms with Crippen LogP contribution in [0.15, 0.2) is 18.2 Å². The van der Waals surface area contributed by atoms with E-state index in [1.807, 2.05) is 19.9 Å². The fourth-order valence-corrected chi connectivity index (χ4v) is 2.34. The minimum absolute atomic E-state index is 0.282. The number of anilines is 1. The second-order valence-corrected chi connectivity index (χ2v) is 5.00. The summed E-state index contributed by atoms with van der Waals surface area (Å²) in [6.45, 7) is 4.28. The fraction of sp³-hybridized carbons (Fsp3) is 0.429. The molecule has 2 rings (SSSR count). The first-order valence-corrected chi connectivity index (χ1v) is 7.05. The second kappa shape index (κ2) is 6.13. The van der Waals surface area contributed by atoms with Crippen molar-refractivity contribution in [2.45, 2.75) is 32.7 Å². The molecule has 0 fully saturated rings. The zero-order valence-corrected chi connectivity index (χ0v) is 12.4. The first kappa shape index (κ1) is 14.7. The van der Waals surface area contributed by atoms with Gasteiger partial charge in [0, 0.05) is 5.02 Å². The Hall–Kier alpha value is -1.75. The number of hydrogen-bond donors (Lipinski definition) is 1. The van der Waals surface area contributed by atoms with E-state index in [1.54, 1.807) is 16.7 Å².